The second kappa shape index (κ2) is 10.3. The summed E-state index contributed by atoms with van der Waals surface area (Å²) in [6.07, 6.45) is 1.69. The van der Waals surface area contributed by atoms with Crippen LogP contribution in [0.4, 0.5) is 5.82 Å². The summed E-state index contributed by atoms with van der Waals surface area (Å²) in [5, 5.41) is 7.13. The van der Waals surface area contributed by atoms with Crippen molar-refractivity contribution in [2.24, 2.45) is 5.10 Å². The van der Waals surface area contributed by atoms with E-state index in [1.54, 1.807) is 19.1 Å². The van der Waals surface area contributed by atoms with Crippen molar-refractivity contribution in [2.75, 3.05) is 5.32 Å². The van der Waals surface area contributed by atoms with Crippen molar-refractivity contribution >= 4 is 34.9 Å². The molecule has 3 aromatic rings. The van der Waals surface area contributed by atoms with Gasteiger partial charge in [-0.3, -0.25) is 9.59 Å². The average molecular weight is 421 g/mol. The van der Waals surface area contributed by atoms with E-state index in [-0.39, 0.29) is 24.7 Å². The van der Waals surface area contributed by atoms with E-state index in [0.29, 0.717) is 16.6 Å². The van der Waals surface area contributed by atoms with Gasteiger partial charge < -0.3 is 5.32 Å². The van der Waals surface area contributed by atoms with E-state index in [9.17, 15) is 9.59 Å². The van der Waals surface area contributed by atoms with Crippen LogP contribution in [0.1, 0.15) is 18.9 Å². The maximum Gasteiger partial charge on any atom is 0.244 e. The van der Waals surface area contributed by atoms with Gasteiger partial charge in [0.2, 0.25) is 11.8 Å². The summed E-state index contributed by atoms with van der Waals surface area (Å²) in [6, 6.07) is 21.1. The minimum Gasteiger partial charge on any atom is -0.310 e. The van der Waals surface area contributed by atoms with Crippen molar-refractivity contribution in [3.8, 4) is 11.1 Å². The molecule has 0 spiro atoms. The Labute approximate surface area is 180 Å². The van der Waals surface area contributed by atoms with Gasteiger partial charge in [-0.15, -0.1) is 0 Å². The number of halogens is 1. The van der Waals surface area contributed by atoms with Gasteiger partial charge in [0.1, 0.15) is 5.82 Å². The first-order chi connectivity index (χ1) is 14.5. The van der Waals surface area contributed by atoms with E-state index in [1.165, 1.54) is 6.20 Å². The Bertz CT molecular complexity index is 1030. The third-order valence-electron chi connectivity index (χ3n) is 4.21. The van der Waals surface area contributed by atoms with Crippen LogP contribution < -0.4 is 10.7 Å². The van der Waals surface area contributed by atoms with Gasteiger partial charge >= 0.3 is 0 Å². The Kier molecular flexibility index (Phi) is 7.29. The number of amides is 2. The summed E-state index contributed by atoms with van der Waals surface area (Å²) in [5.41, 5.74) is 6.07. The van der Waals surface area contributed by atoms with E-state index in [2.05, 4.69) is 20.8 Å². The molecule has 0 aliphatic rings. The lowest BCUT2D eigenvalue weighted by molar-refractivity contribution is -0.120. The molecular formula is C23H21ClN4O2. The number of hydrazone groups is 1. The Hall–Kier alpha value is -3.51. The first-order valence-corrected chi connectivity index (χ1v) is 9.75. The van der Waals surface area contributed by atoms with Crippen LogP contribution in [0.15, 0.2) is 78.0 Å². The number of carbonyl (C=O) groups is 2. The Morgan fingerprint density at radius 3 is 2.30 bits per heavy atom. The zero-order valence-corrected chi connectivity index (χ0v) is 17.2. The van der Waals surface area contributed by atoms with E-state index in [0.717, 1.165) is 16.7 Å². The molecule has 152 valence electrons. The van der Waals surface area contributed by atoms with Crippen LogP contribution >= 0.6 is 11.6 Å². The Balaban J connectivity index is 1.47. The lowest BCUT2D eigenvalue weighted by atomic mass is 10.0. The molecule has 0 saturated heterocycles. The van der Waals surface area contributed by atoms with Crippen LogP contribution in [0, 0.1) is 0 Å². The summed E-state index contributed by atoms with van der Waals surface area (Å²) in [7, 11) is 0. The Morgan fingerprint density at radius 1 is 0.933 bits per heavy atom. The van der Waals surface area contributed by atoms with Gasteiger partial charge in [-0.2, -0.15) is 5.10 Å². The van der Waals surface area contributed by atoms with Crippen LogP contribution in [0.2, 0.25) is 5.02 Å². The molecule has 1 aromatic heterocycles. The number of hydrogen-bond acceptors (Lipinski definition) is 4. The number of nitrogens with zero attached hydrogens (tertiary/aromatic N) is 2. The summed E-state index contributed by atoms with van der Waals surface area (Å²) < 4.78 is 0. The molecule has 0 unspecified atom stereocenters. The number of carbonyl (C=O) groups excluding carboxylic acids is 2. The largest absolute Gasteiger partial charge is 0.310 e. The standard InChI is InChI=1S/C23H21ClN4O2/c1-16(13-22(29)26-21-12-11-20(24)15-25-21)27-28-23(30)14-17-7-9-19(10-8-17)18-5-3-2-4-6-18/h2-12,15H,13-14H2,1H3,(H,28,30)(H,25,26,29). The van der Waals surface area contributed by atoms with E-state index >= 15 is 0 Å². The van der Waals surface area contributed by atoms with Gasteiger partial charge in [-0.05, 0) is 35.7 Å². The number of pyridine rings is 1. The molecule has 0 aliphatic heterocycles. The van der Waals surface area contributed by atoms with E-state index in [1.807, 2.05) is 54.6 Å². The Morgan fingerprint density at radius 2 is 1.63 bits per heavy atom. The smallest absolute Gasteiger partial charge is 0.244 e. The van der Waals surface area contributed by atoms with Gasteiger partial charge in [0.15, 0.2) is 0 Å². The molecule has 2 amide bonds. The number of aromatic nitrogens is 1. The van der Waals surface area contributed by atoms with Gasteiger partial charge in [0.05, 0.1) is 17.9 Å². The first-order valence-electron chi connectivity index (χ1n) is 9.37. The highest BCUT2D eigenvalue weighted by Gasteiger charge is 2.07. The molecule has 2 aromatic carbocycles. The maximum absolute atomic E-state index is 12.1. The van der Waals surface area contributed by atoms with Gasteiger partial charge in [-0.25, -0.2) is 10.4 Å². The molecule has 6 nitrogen and oxygen atoms in total. The number of rotatable bonds is 7. The fourth-order valence-electron chi connectivity index (χ4n) is 2.74. The third-order valence-corrected chi connectivity index (χ3v) is 4.43. The molecule has 0 atom stereocenters. The molecule has 0 radical (unpaired) electrons. The number of benzene rings is 2. The molecular weight excluding hydrogens is 400 g/mol. The fraction of sp³-hybridized carbons (Fsp3) is 0.130. The number of anilines is 1. The third kappa shape index (κ3) is 6.53. The molecule has 2 N–H and O–H groups in total. The fourth-order valence-corrected chi connectivity index (χ4v) is 2.85. The molecule has 0 fully saturated rings. The van der Waals surface area contributed by atoms with Crippen LogP contribution in [0.5, 0.6) is 0 Å². The van der Waals surface area contributed by atoms with Crippen molar-refractivity contribution in [1.82, 2.24) is 10.4 Å². The summed E-state index contributed by atoms with van der Waals surface area (Å²) >= 11 is 5.76. The van der Waals surface area contributed by atoms with E-state index in [4.69, 9.17) is 11.6 Å². The zero-order chi connectivity index (χ0) is 21.3. The molecule has 0 bridgehead atoms. The first kappa shape index (κ1) is 21.2. The highest BCUT2D eigenvalue weighted by molar-refractivity contribution is 6.30. The second-order valence-corrected chi connectivity index (χ2v) is 7.14. The maximum atomic E-state index is 12.1. The summed E-state index contributed by atoms with van der Waals surface area (Å²) in [6.45, 7) is 1.67. The van der Waals surface area contributed by atoms with Crippen molar-refractivity contribution in [2.45, 2.75) is 19.8 Å². The van der Waals surface area contributed by atoms with Crippen molar-refractivity contribution < 1.29 is 9.59 Å². The monoisotopic (exact) mass is 420 g/mol. The topological polar surface area (TPSA) is 83.4 Å². The molecule has 3 rings (SSSR count). The summed E-state index contributed by atoms with van der Waals surface area (Å²) in [5.74, 6) is -0.126. The van der Waals surface area contributed by atoms with Crippen LogP contribution in [-0.2, 0) is 16.0 Å². The normalized spacial score (nSPS) is 11.1. The minimum atomic E-state index is -0.281. The zero-order valence-electron chi connectivity index (χ0n) is 16.4. The predicted octanol–water partition coefficient (Wildman–Crippen LogP) is 4.47. The molecule has 0 aliphatic carbocycles. The van der Waals surface area contributed by atoms with Crippen molar-refractivity contribution in [3.63, 3.8) is 0 Å². The molecule has 7 heteroatoms. The highest BCUT2D eigenvalue weighted by atomic mass is 35.5. The van der Waals surface area contributed by atoms with Gasteiger partial charge in [0, 0.05) is 11.9 Å². The molecule has 30 heavy (non-hydrogen) atoms. The van der Waals surface area contributed by atoms with Crippen LogP contribution in [-0.4, -0.2) is 22.5 Å². The number of nitrogens with one attached hydrogen (secondary N) is 2. The lowest BCUT2D eigenvalue weighted by Gasteiger charge is -2.06. The lowest BCUT2D eigenvalue weighted by Crippen LogP contribution is -2.23. The van der Waals surface area contributed by atoms with Crippen LogP contribution in [0.3, 0.4) is 0 Å². The summed E-state index contributed by atoms with van der Waals surface area (Å²) in [4.78, 5) is 28.2. The number of hydrogen-bond donors (Lipinski definition) is 2. The second-order valence-electron chi connectivity index (χ2n) is 6.71. The van der Waals surface area contributed by atoms with Gasteiger partial charge in [-0.1, -0.05) is 66.2 Å². The van der Waals surface area contributed by atoms with E-state index < -0.39 is 0 Å². The van der Waals surface area contributed by atoms with Crippen molar-refractivity contribution in [3.05, 3.63) is 83.5 Å². The quantitative estimate of drug-likeness (QED) is 0.437. The highest BCUT2D eigenvalue weighted by Crippen LogP contribution is 2.19. The minimum absolute atomic E-state index is 0.0381. The van der Waals surface area contributed by atoms with Crippen molar-refractivity contribution in [1.29, 1.82) is 0 Å². The SMILES string of the molecule is CC(CC(=O)Nc1ccc(Cl)cn1)=NNC(=O)Cc1ccc(-c2ccccc2)cc1. The average Bonchev–Trinajstić information content (AvgIpc) is 2.75. The molecule has 0 saturated carbocycles. The molecule has 1 heterocycles. The van der Waals surface area contributed by atoms with Gasteiger partial charge in [0.25, 0.3) is 0 Å². The van der Waals surface area contributed by atoms with Crippen LogP contribution in [0.25, 0.3) is 11.1 Å². The predicted molar refractivity (Wildman–Crippen MR) is 119 cm³/mol.